The second-order valence-corrected chi connectivity index (χ2v) is 6.97. The molecule has 1 saturated heterocycles. The Balaban J connectivity index is 1.89. The third-order valence-electron chi connectivity index (χ3n) is 4.91. The van der Waals surface area contributed by atoms with Crippen molar-refractivity contribution in [1.82, 2.24) is 15.1 Å². The molecule has 1 aliphatic heterocycles. The first-order chi connectivity index (χ1) is 11.6. The van der Waals surface area contributed by atoms with Crippen LogP contribution in [0.25, 0.3) is 0 Å². The van der Waals surface area contributed by atoms with Crippen LogP contribution in [0.4, 0.5) is 13.2 Å². The van der Waals surface area contributed by atoms with Gasteiger partial charge >= 0.3 is 6.18 Å². The highest BCUT2D eigenvalue weighted by Gasteiger charge is 2.40. The minimum atomic E-state index is -4.38. The molecule has 2 aromatic rings. The lowest BCUT2D eigenvalue weighted by atomic mass is 9.78. The van der Waals surface area contributed by atoms with Crippen LogP contribution in [0.2, 0.25) is 0 Å². The second kappa shape index (κ2) is 6.14. The number of halogens is 3. The summed E-state index contributed by atoms with van der Waals surface area (Å²) in [6.07, 6.45) is -3.59. The van der Waals surface area contributed by atoms with E-state index in [-0.39, 0.29) is 12.1 Å². The number of alkyl halides is 3. The number of piperidine rings is 1. The van der Waals surface area contributed by atoms with Crippen LogP contribution in [0.15, 0.2) is 30.3 Å². The van der Waals surface area contributed by atoms with Crippen LogP contribution >= 0.6 is 0 Å². The molecule has 4 nitrogen and oxygen atoms in total. The molecular weight excluding hydrogens is 331 g/mol. The van der Waals surface area contributed by atoms with Crippen LogP contribution < -0.4 is 5.32 Å². The standard InChI is InChI=1S/C18H22F3N3O/c1-11-9-17(25,13-4-6-14(7-5-13)18(19,20)21)10-16(22-11)15-8-12(2)24(3)23-15/h4-8,11,16,22,25H,9-10H2,1-3H3. The zero-order chi connectivity index (χ0) is 18.4. The monoisotopic (exact) mass is 353 g/mol. The van der Waals surface area contributed by atoms with Crippen molar-refractivity contribution in [3.8, 4) is 0 Å². The summed E-state index contributed by atoms with van der Waals surface area (Å²) in [6.45, 7) is 3.90. The van der Waals surface area contributed by atoms with Crippen molar-refractivity contribution in [2.75, 3.05) is 0 Å². The van der Waals surface area contributed by atoms with Gasteiger partial charge in [-0.15, -0.1) is 0 Å². The molecule has 2 N–H and O–H groups in total. The molecule has 7 heteroatoms. The molecule has 0 spiro atoms. The third kappa shape index (κ3) is 3.57. The summed E-state index contributed by atoms with van der Waals surface area (Å²) in [6, 6.07) is 6.62. The van der Waals surface area contributed by atoms with Crippen LogP contribution in [0.3, 0.4) is 0 Å². The highest BCUT2D eigenvalue weighted by atomic mass is 19.4. The van der Waals surface area contributed by atoms with Gasteiger partial charge in [0.2, 0.25) is 0 Å². The number of benzene rings is 1. The topological polar surface area (TPSA) is 50.1 Å². The van der Waals surface area contributed by atoms with E-state index in [1.54, 1.807) is 4.68 Å². The van der Waals surface area contributed by atoms with Crippen molar-refractivity contribution >= 4 is 0 Å². The molecule has 1 fully saturated rings. The summed E-state index contributed by atoms with van der Waals surface area (Å²) in [4.78, 5) is 0. The predicted octanol–water partition coefficient (Wildman–Crippen LogP) is 3.45. The molecule has 136 valence electrons. The average molecular weight is 353 g/mol. The molecule has 0 amide bonds. The lowest BCUT2D eigenvalue weighted by Gasteiger charge is -2.41. The van der Waals surface area contributed by atoms with Crippen molar-refractivity contribution in [2.24, 2.45) is 7.05 Å². The number of rotatable bonds is 2. The van der Waals surface area contributed by atoms with E-state index >= 15 is 0 Å². The van der Waals surface area contributed by atoms with Crippen LogP contribution in [0, 0.1) is 6.92 Å². The minimum Gasteiger partial charge on any atom is -0.385 e. The molecule has 2 heterocycles. The van der Waals surface area contributed by atoms with Crippen molar-refractivity contribution < 1.29 is 18.3 Å². The molecule has 3 unspecified atom stereocenters. The quantitative estimate of drug-likeness (QED) is 0.869. The zero-order valence-electron chi connectivity index (χ0n) is 14.4. The Kier molecular flexibility index (Phi) is 4.41. The second-order valence-electron chi connectivity index (χ2n) is 6.97. The van der Waals surface area contributed by atoms with Gasteiger partial charge in [-0.1, -0.05) is 12.1 Å². The van der Waals surface area contributed by atoms with Gasteiger partial charge in [0.05, 0.1) is 22.9 Å². The Labute approximate surface area is 144 Å². The first kappa shape index (κ1) is 17.9. The predicted molar refractivity (Wildman–Crippen MR) is 87.9 cm³/mol. The minimum absolute atomic E-state index is 0.00774. The van der Waals surface area contributed by atoms with Gasteiger partial charge in [-0.25, -0.2) is 0 Å². The summed E-state index contributed by atoms with van der Waals surface area (Å²) in [5, 5.41) is 19.0. The number of hydrogen-bond acceptors (Lipinski definition) is 3. The summed E-state index contributed by atoms with van der Waals surface area (Å²) in [5.41, 5.74) is 0.445. The van der Waals surface area contributed by atoms with E-state index in [0.29, 0.717) is 18.4 Å². The molecule has 1 aromatic carbocycles. The van der Waals surface area contributed by atoms with Crippen LogP contribution in [0.5, 0.6) is 0 Å². The Hall–Kier alpha value is -1.86. The molecule has 3 atom stereocenters. The van der Waals surface area contributed by atoms with E-state index in [4.69, 9.17) is 0 Å². The summed E-state index contributed by atoms with van der Waals surface area (Å²) in [5.74, 6) is 0. The van der Waals surface area contributed by atoms with E-state index in [9.17, 15) is 18.3 Å². The molecule has 25 heavy (non-hydrogen) atoms. The maximum atomic E-state index is 12.8. The molecule has 0 bridgehead atoms. The van der Waals surface area contributed by atoms with E-state index in [0.717, 1.165) is 23.5 Å². The SMILES string of the molecule is Cc1cc(C2CC(O)(c3ccc(C(F)(F)F)cc3)CC(C)N2)nn1C. The van der Waals surface area contributed by atoms with Crippen molar-refractivity contribution in [2.45, 2.75) is 50.6 Å². The third-order valence-corrected chi connectivity index (χ3v) is 4.91. The normalized spacial score (nSPS) is 27.5. The number of aromatic nitrogens is 2. The smallest absolute Gasteiger partial charge is 0.385 e. The molecule has 1 aliphatic rings. The fourth-order valence-corrected chi connectivity index (χ4v) is 3.54. The van der Waals surface area contributed by atoms with Crippen LogP contribution in [0.1, 0.15) is 48.3 Å². The molecule has 3 rings (SSSR count). The highest BCUT2D eigenvalue weighted by molar-refractivity contribution is 5.30. The number of hydrogen-bond donors (Lipinski definition) is 2. The summed E-state index contributed by atoms with van der Waals surface area (Å²) in [7, 11) is 1.85. The Morgan fingerprint density at radius 3 is 2.40 bits per heavy atom. The van der Waals surface area contributed by atoms with Gasteiger partial charge < -0.3 is 10.4 Å². The Bertz CT molecular complexity index is 734. The van der Waals surface area contributed by atoms with E-state index in [2.05, 4.69) is 10.4 Å². The van der Waals surface area contributed by atoms with Gasteiger partial charge in [-0.3, -0.25) is 4.68 Å². The Morgan fingerprint density at radius 2 is 1.88 bits per heavy atom. The lowest BCUT2D eigenvalue weighted by Crippen LogP contribution is -2.47. The Morgan fingerprint density at radius 1 is 1.24 bits per heavy atom. The van der Waals surface area contributed by atoms with Crippen LogP contribution in [-0.2, 0) is 18.8 Å². The number of nitrogens with zero attached hydrogens (tertiary/aromatic N) is 2. The average Bonchev–Trinajstić information content (AvgIpc) is 2.85. The van der Waals surface area contributed by atoms with Gasteiger partial charge in [-0.2, -0.15) is 18.3 Å². The number of aryl methyl sites for hydroxylation is 2. The zero-order valence-corrected chi connectivity index (χ0v) is 14.4. The first-order valence-corrected chi connectivity index (χ1v) is 8.25. The largest absolute Gasteiger partial charge is 0.416 e. The molecule has 0 aliphatic carbocycles. The van der Waals surface area contributed by atoms with Crippen molar-refractivity contribution in [3.05, 3.63) is 52.8 Å². The molecular formula is C18H22F3N3O. The van der Waals surface area contributed by atoms with Gasteiger partial charge in [0, 0.05) is 25.2 Å². The van der Waals surface area contributed by atoms with Gasteiger partial charge in [0.15, 0.2) is 0 Å². The fourth-order valence-electron chi connectivity index (χ4n) is 3.54. The fraction of sp³-hybridized carbons (Fsp3) is 0.500. The molecule has 0 radical (unpaired) electrons. The van der Waals surface area contributed by atoms with E-state index in [1.807, 2.05) is 27.0 Å². The first-order valence-electron chi connectivity index (χ1n) is 8.25. The van der Waals surface area contributed by atoms with E-state index in [1.165, 1.54) is 12.1 Å². The van der Waals surface area contributed by atoms with Crippen LogP contribution in [-0.4, -0.2) is 20.9 Å². The van der Waals surface area contributed by atoms with Crippen molar-refractivity contribution in [3.63, 3.8) is 0 Å². The van der Waals surface area contributed by atoms with Gasteiger partial charge in [0.1, 0.15) is 0 Å². The maximum Gasteiger partial charge on any atom is 0.416 e. The molecule has 1 aromatic heterocycles. The van der Waals surface area contributed by atoms with Gasteiger partial charge in [0.25, 0.3) is 0 Å². The maximum absolute atomic E-state index is 12.8. The number of nitrogens with one attached hydrogen (secondary N) is 1. The van der Waals surface area contributed by atoms with Crippen molar-refractivity contribution in [1.29, 1.82) is 0 Å². The number of aliphatic hydroxyl groups is 1. The van der Waals surface area contributed by atoms with Gasteiger partial charge in [-0.05, 0) is 44.0 Å². The lowest BCUT2D eigenvalue weighted by molar-refractivity contribution is -0.137. The summed E-state index contributed by atoms with van der Waals surface area (Å²) < 4.78 is 40.1. The molecule has 0 saturated carbocycles. The summed E-state index contributed by atoms with van der Waals surface area (Å²) >= 11 is 0. The highest BCUT2D eigenvalue weighted by Crippen LogP contribution is 2.40. The van der Waals surface area contributed by atoms with E-state index < -0.39 is 17.3 Å².